The second kappa shape index (κ2) is 5.93. The number of oxazole rings is 1. The van der Waals surface area contributed by atoms with Crippen LogP contribution < -0.4 is 5.32 Å². The highest BCUT2D eigenvalue weighted by Gasteiger charge is 2.10. The zero-order valence-electron chi connectivity index (χ0n) is 11.5. The third kappa shape index (κ3) is 2.95. The molecule has 0 aliphatic rings. The highest BCUT2D eigenvalue weighted by Crippen LogP contribution is 2.14. The predicted octanol–water partition coefficient (Wildman–Crippen LogP) is 3.08. The van der Waals surface area contributed by atoms with E-state index in [1.165, 1.54) is 6.07 Å². The maximum Gasteiger partial charge on any atom is 0.251 e. The highest BCUT2D eigenvalue weighted by atomic mass is 19.2. The van der Waals surface area contributed by atoms with E-state index >= 15 is 0 Å². The first-order valence-electron chi connectivity index (χ1n) is 6.71. The Morgan fingerprint density at radius 3 is 2.73 bits per heavy atom. The number of fused-ring (bicyclic) bond motifs is 1. The molecule has 1 amide bonds. The minimum atomic E-state index is -1.05. The van der Waals surface area contributed by atoms with Gasteiger partial charge >= 0.3 is 0 Å². The van der Waals surface area contributed by atoms with E-state index in [0.29, 0.717) is 17.9 Å². The van der Waals surface area contributed by atoms with Gasteiger partial charge in [-0.1, -0.05) is 12.1 Å². The summed E-state index contributed by atoms with van der Waals surface area (Å²) in [6, 6.07) is 10.4. The standard InChI is InChI=1S/C16H12F2N2O2/c17-11-6-5-10(9-12(11)18)16(21)19-8-7-15-20-13-3-1-2-4-14(13)22-15/h1-6,9H,7-8H2,(H,19,21). The SMILES string of the molecule is O=C(NCCc1nc2ccccc2o1)c1ccc(F)c(F)c1. The second-order valence-electron chi connectivity index (χ2n) is 4.71. The maximum atomic E-state index is 13.1. The molecule has 1 N–H and O–H groups in total. The van der Waals surface area contributed by atoms with Crippen molar-refractivity contribution < 1.29 is 18.0 Å². The lowest BCUT2D eigenvalue weighted by Crippen LogP contribution is -2.25. The third-order valence-electron chi connectivity index (χ3n) is 3.14. The van der Waals surface area contributed by atoms with Gasteiger partial charge < -0.3 is 9.73 Å². The van der Waals surface area contributed by atoms with Crippen molar-refractivity contribution in [1.82, 2.24) is 10.3 Å². The first-order valence-corrected chi connectivity index (χ1v) is 6.71. The topological polar surface area (TPSA) is 55.1 Å². The summed E-state index contributed by atoms with van der Waals surface area (Å²) in [6.07, 6.45) is 0.407. The van der Waals surface area contributed by atoms with Crippen LogP contribution in [0, 0.1) is 11.6 Å². The lowest BCUT2D eigenvalue weighted by molar-refractivity contribution is 0.0953. The molecular weight excluding hydrogens is 290 g/mol. The summed E-state index contributed by atoms with van der Waals surface area (Å²) in [5, 5.41) is 2.61. The zero-order chi connectivity index (χ0) is 15.5. The van der Waals surface area contributed by atoms with Crippen LogP contribution in [0.3, 0.4) is 0 Å². The summed E-state index contributed by atoms with van der Waals surface area (Å²) < 4.78 is 31.4. The van der Waals surface area contributed by atoms with Crippen molar-refractivity contribution in [1.29, 1.82) is 0 Å². The van der Waals surface area contributed by atoms with Gasteiger partial charge in [-0.3, -0.25) is 4.79 Å². The summed E-state index contributed by atoms with van der Waals surface area (Å²) >= 11 is 0. The summed E-state index contributed by atoms with van der Waals surface area (Å²) in [5.74, 6) is -2.00. The number of carbonyl (C=O) groups excluding carboxylic acids is 1. The van der Waals surface area contributed by atoms with Gasteiger partial charge in [0.25, 0.3) is 5.91 Å². The van der Waals surface area contributed by atoms with Gasteiger partial charge in [0.05, 0.1) is 0 Å². The first-order chi connectivity index (χ1) is 10.6. The number of amides is 1. The number of carbonyl (C=O) groups is 1. The molecule has 3 rings (SSSR count). The molecule has 0 fully saturated rings. The maximum absolute atomic E-state index is 13.1. The van der Waals surface area contributed by atoms with Crippen LogP contribution >= 0.6 is 0 Å². The number of nitrogens with one attached hydrogen (secondary N) is 1. The van der Waals surface area contributed by atoms with Gasteiger partial charge in [0.1, 0.15) is 5.52 Å². The van der Waals surface area contributed by atoms with E-state index < -0.39 is 17.5 Å². The van der Waals surface area contributed by atoms with Gasteiger partial charge in [-0.15, -0.1) is 0 Å². The van der Waals surface area contributed by atoms with Crippen molar-refractivity contribution in [3.63, 3.8) is 0 Å². The van der Waals surface area contributed by atoms with Gasteiger partial charge in [0.15, 0.2) is 23.1 Å². The Kier molecular flexibility index (Phi) is 3.82. The number of hydrogen-bond acceptors (Lipinski definition) is 3. The van der Waals surface area contributed by atoms with E-state index in [4.69, 9.17) is 4.42 Å². The van der Waals surface area contributed by atoms with Gasteiger partial charge in [-0.05, 0) is 30.3 Å². The van der Waals surface area contributed by atoms with Crippen molar-refractivity contribution in [3.8, 4) is 0 Å². The lowest BCUT2D eigenvalue weighted by atomic mass is 10.2. The van der Waals surface area contributed by atoms with Gasteiger partial charge in [0.2, 0.25) is 0 Å². The Hall–Kier alpha value is -2.76. The summed E-state index contributed by atoms with van der Waals surface area (Å²) in [4.78, 5) is 16.1. The monoisotopic (exact) mass is 302 g/mol. The van der Waals surface area contributed by atoms with Crippen LogP contribution in [0.15, 0.2) is 46.9 Å². The van der Waals surface area contributed by atoms with Crippen molar-refractivity contribution in [3.05, 3.63) is 65.6 Å². The molecule has 0 bridgehead atoms. The molecule has 112 valence electrons. The second-order valence-corrected chi connectivity index (χ2v) is 4.71. The number of nitrogens with zero attached hydrogens (tertiary/aromatic N) is 1. The van der Waals surface area contributed by atoms with E-state index in [9.17, 15) is 13.6 Å². The Balaban J connectivity index is 1.60. The molecule has 0 aliphatic carbocycles. The molecule has 1 aromatic heterocycles. The summed E-state index contributed by atoms with van der Waals surface area (Å²) in [6.45, 7) is 0.282. The smallest absolute Gasteiger partial charge is 0.251 e. The number of halogens is 2. The number of aromatic nitrogens is 1. The number of rotatable bonds is 4. The average Bonchev–Trinajstić information content (AvgIpc) is 2.92. The normalized spacial score (nSPS) is 10.8. The van der Waals surface area contributed by atoms with Gasteiger partial charge in [0, 0.05) is 18.5 Å². The Morgan fingerprint density at radius 1 is 1.14 bits per heavy atom. The predicted molar refractivity (Wildman–Crippen MR) is 76.4 cm³/mol. The van der Waals surface area contributed by atoms with E-state index in [0.717, 1.165) is 17.6 Å². The van der Waals surface area contributed by atoms with Crippen molar-refractivity contribution in [2.24, 2.45) is 0 Å². The molecule has 0 unspecified atom stereocenters. The van der Waals surface area contributed by atoms with E-state index in [1.54, 1.807) is 0 Å². The molecule has 6 heteroatoms. The quantitative estimate of drug-likeness (QED) is 0.806. The fraction of sp³-hybridized carbons (Fsp3) is 0.125. The van der Waals surface area contributed by atoms with Crippen LogP contribution in [0.5, 0.6) is 0 Å². The molecule has 22 heavy (non-hydrogen) atoms. The first kappa shape index (κ1) is 14.2. The molecule has 0 atom stereocenters. The van der Waals surface area contributed by atoms with E-state index in [-0.39, 0.29) is 12.1 Å². The fourth-order valence-corrected chi connectivity index (χ4v) is 2.05. The zero-order valence-corrected chi connectivity index (χ0v) is 11.5. The van der Waals surface area contributed by atoms with Crippen LogP contribution in [0.1, 0.15) is 16.2 Å². The van der Waals surface area contributed by atoms with E-state index in [1.807, 2.05) is 24.3 Å². The van der Waals surface area contributed by atoms with Crippen molar-refractivity contribution >= 4 is 17.0 Å². The molecule has 2 aromatic carbocycles. The fourth-order valence-electron chi connectivity index (χ4n) is 2.05. The summed E-state index contributed by atoms with van der Waals surface area (Å²) in [7, 11) is 0. The van der Waals surface area contributed by atoms with Crippen molar-refractivity contribution in [2.75, 3.05) is 6.54 Å². The highest BCUT2D eigenvalue weighted by molar-refractivity contribution is 5.94. The Morgan fingerprint density at radius 2 is 1.95 bits per heavy atom. The molecule has 3 aromatic rings. The Labute approximate surface area is 124 Å². The number of para-hydroxylation sites is 2. The number of hydrogen-bond donors (Lipinski definition) is 1. The molecule has 0 spiro atoms. The molecule has 0 saturated carbocycles. The van der Waals surface area contributed by atoms with Crippen LogP contribution in [0.2, 0.25) is 0 Å². The summed E-state index contributed by atoms with van der Waals surface area (Å²) in [5.41, 5.74) is 1.50. The van der Waals surface area contributed by atoms with Gasteiger partial charge in [-0.25, -0.2) is 13.8 Å². The largest absolute Gasteiger partial charge is 0.441 e. The lowest BCUT2D eigenvalue weighted by Gasteiger charge is -2.04. The Bertz CT molecular complexity index is 797. The van der Waals surface area contributed by atoms with Crippen LogP contribution in [0.4, 0.5) is 8.78 Å². The molecule has 0 saturated heterocycles. The minimum Gasteiger partial charge on any atom is -0.441 e. The van der Waals surface area contributed by atoms with Crippen LogP contribution in [-0.4, -0.2) is 17.4 Å². The van der Waals surface area contributed by atoms with Crippen LogP contribution in [-0.2, 0) is 6.42 Å². The minimum absolute atomic E-state index is 0.0662. The molecule has 1 heterocycles. The van der Waals surface area contributed by atoms with Crippen molar-refractivity contribution in [2.45, 2.75) is 6.42 Å². The van der Waals surface area contributed by atoms with E-state index in [2.05, 4.69) is 10.3 Å². The number of benzene rings is 2. The molecular formula is C16H12F2N2O2. The van der Waals surface area contributed by atoms with Gasteiger partial charge in [-0.2, -0.15) is 0 Å². The molecule has 4 nitrogen and oxygen atoms in total. The average molecular weight is 302 g/mol. The van der Waals surface area contributed by atoms with Crippen LogP contribution in [0.25, 0.3) is 11.1 Å². The molecule has 0 aliphatic heterocycles. The molecule has 0 radical (unpaired) electrons. The third-order valence-corrected chi connectivity index (χ3v) is 3.14.